The molecule has 0 amide bonds. The smallest absolute Gasteiger partial charge is 0.282 e. The van der Waals surface area contributed by atoms with Crippen LogP contribution < -0.4 is 5.56 Å². The van der Waals surface area contributed by atoms with Gasteiger partial charge in [-0.2, -0.15) is 9.50 Å². The summed E-state index contributed by atoms with van der Waals surface area (Å²) >= 11 is 0. The molecule has 4 rings (SSSR count). The third kappa shape index (κ3) is 2.31. The van der Waals surface area contributed by atoms with Crippen LogP contribution in [0.1, 0.15) is 12.7 Å². The molecule has 25 heavy (non-hydrogen) atoms. The van der Waals surface area contributed by atoms with E-state index in [9.17, 15) is 14.9 Å². The van der Waals surface area contributed by atoms with Crippen LogP contribution in [0, 0.1) is 10.1 Å². The molecule has 124 valence electrons. The first-order chi connectivity index (χ1) is 12.1. The highest BCUT2D eigenvalue weighted by Gasteiger charge is 2.14. The highest BCUT2D eigenvalue weighted by atomic mass is 16.6. The van der Waals surface area contributed by atoms with Gasteiger partial charge in [0, 0.05) is 24.8 Å². The van der Waals surface area contributed by atoms with Crippen LogP contribution in [0.2, 0.25) is 0 Å². The molecule has 0 spiro atoms. The number of fused-ring (bicyclic) bond motifs is 3. The second-order valence-electron chi connectivity index (χ2n) is 5.30. The van der Waals surface area contributed by atoms with Gasteiger partial charge in [0.1, 0.15) is 5.52 Å². The monoisotopic (exact) mass is 337 g/mol. The Labute approximate surface area is 139 Å². The summed E-state index contributed by atoms with van der Waals surface area (Å²) < 4.78 is 2.76. The largest absolute Gasteiger partial charge is 0.285 e. The lowest BCUT2D eigenvalue weighted by molar-refractivity contribution is -0.384. The molecule has 0 atom stereocenters. The maximum Gasteiger partial charge on any atom is 0.285 e. The highest BCUT2D eigenvalue weighted by Crippen LogP contribution is 2.16. The molecule has 0 aliphatic heterocycles. The lowest BCUT2D eigenvalue weighted by atomic mass is 10.2. The van der Waals surface area contributed by atoms with E-state index in [2.05, 4.69) is 20.3 Å². The Hall–Kier alpha value is -3.69. The van der Waals surface area contributed by atoms with Crippen molar-refractivity contribution in [1.82, 2.24) is 29.4 Å². The van der Waals surface area contributed by atoms with Gasteiger partial charge in [0.05, 0.1) is 10.6 Å². The SMILES string of the molecule is CCc1nc2nnc3c(=O)n(-c4cccc([N+](=O)[O-])c4)ccc3n2n1. The van der Waals surface area contributed by atoms with Gasteiger partial charge in [0.25, 0.3) is 17.0 Å². The van der Waals surface area contributed by atoms with Crippen molar-refractivity contribution in [2.24, 2.45) is 0 Å². The van der Waals surface area contributed by atoms with Crippen LogP contribution in [0.15, 0.2) is 41.3 Å². The zero-order valence-electron chi connectivity index (χ0n) is 13.0. The Morgan fingerprint density at radius 1 is 1.24 bits per heavy atom. The Balaban J connectivity index is 1.97. The molecule has 0 bridgehead atoms. The number of nitrogens with zero attached hydrogens (tertiary/aromatic N) is 7. The summed E-state index contributed by atoms with van der Waals surface area (Å²) in [5.41, 5.74) is 0.407. The molecular weight excluding hydrogens is 326 g/mol. The first kappa shape index (κ1) is 14.9. The van der Waals surface area contributed by atoms with E-state index in [1.807, 2.05) is 6.92 Å². The fourth-order valence-corrected chi connectivity index (χ4v) is 2.56. The van der Waals surface area contributed by atoms with Crippen molar-refractivity contribution in [3.8, 4) is 5.69 Å². The summed E-state index contributed by atoms with van der Waals surface area (Å²) in [5.74, 6) is 0.918. The number of rotatable bonds is 3. The molecule has 10 heteroatoms. The standard InChI is InChI=1S/C15H11N7O3/c1-2-12-16-15-18-17-13-11(21(15)19-12)6-7-20(14(13)23)9-4-3-5-10(8-9)22(24)25/h3-8H,2H2,1H3. The number of aryl methyl sites for hydroxylation is 1. The Kier molecular flexibility index (Phi) is 3.24. The van der Waals surface area contributed by atoms with Crippen molar-refractivity contribution < 1.29 is 4.92 Å². The Morgan fingerprint density at radius 3 is 2.84 bits per heavy atom. The van der Waals surface area contributed by atoms with E-state index < -0.39 is 10.5 Å². The molecule has 3 aromatic heterocycles. The van der Waals surface area contributed by atoms with Crippen LogP contribution in [0.3, 0.4) is 0 Å². The van der Waals surface area contributed by atoms with Crippen LogP contribution in [0.4, 0.5) is 5.69 Å². The van der Waals surface area contributed by atoms with Crippen LogP contribution in [-0.2, 0) is 6.42 Å². The average molecular weight is 337 g/mol. The second-order valence-corrected chi connectivity index (χ2v) is 5.30. The minimum Gasteiger partial charge on any atom is -0.282 e. The van der Waals surface area contributed by atoms with E-state index in [1.165, 1.54) is 33.5 Å². The van der Waals surface area contributed by atoms with Gasteiger partial charge in [-0.15, -0.1) is 15.3 Å². The molecule has 0 aliphatic rings. The van der Waals surface area contributed by atoms with Gasteiger partial charge in [0.15, 0.2) is 11.3 Å². The topological polar surface area (TPSA) is 121 Å². The molecule has 0 aliphatic carbocycles. The molecule has 0 radical (unpaired) electrons. The quantitative estimate of drug-likeness (QED) is 0.408. The van der Waals surface area contributed by atoms with E-state index in [0.29, 0.717) is 29.2 Å². The lowest BCUT2D eigenvalue weighted by Gasteiger charge is -2.06. The summed E-state index contributed by atoms with van der Waals surface area (Å²) in [6.45, 7) is 1.92. The van der Waals surface area contributed by atoms with Gasteiger partial charge in [-0.05, 0) is 12.1 Å². The van der Waals surface area contributed by atoms with Gasteiger partial charge in [-0.25, -0.2) is 0 Å². The molecule has 1 aromatic carbocycles. The minimum atomic E-state index is -0.513. The van der Waals surface area contributed by atoms with Crippen molar-refractivity contribution in [3.63, 3.8) is 0 Å². The summed E-state index contributed by atoms with van der Waals surface area (Å²) in [6, 6.07) is 7.47. The van der Waals surface area contributed by atoms with Gasteiger partial charge >= 0.3 is 0 Å². The number of hydrogen-bond donors (Lipinski definition) is 0. The number of non-ortho nitro benzene ring substituents is 1. The van der Waals surface area contributed by atoms with E-state index >= 15 is 0 Å². The van der Waals surface area contributed by atoms with Gasteiger partial charge in [0.2, 0.25) is 0 Å². The molecule has 3 heterocycles. The highest BCUT2D eigenvalue weighted by molar-refractivity contribution is 5.74. The summed E-state index contributed by atoms with van der Waals surface area (Å²) in [5, 5.41) is 23.1. The average Bonchev–Trinajstić information content (AvgIpc) is 3.06. The van der Waals surface area contributed by atoms with Crippen LogP contribution in [0.5, 0.6) is 0 Å². The minimum absolute atomic E-state index is 0.102. The van der Waals surface area contributed by atoms with Crippen LogP contribution >= 0.6 is 0 Å². The summed E-state index contributed by atoms with van der Waals surface area (Å²) in [6.07, 6.45) is 2.16. The lowest BCUT2D eigenvalue weighted by Crippen LogP contribution is -2.20. The van der Waals surface area contributed by atoms with Crippen LogP contribution in [-0.4, -0.2) is 34.3 Å². The van der Waals surface area contributed by atoms with E-state index in [-0.39, 0.29) is 11.2 Å². The third-order valence-corrected chi connectivity index (χ3v) is 3.78. The number of pyridine rings is 1. The normalized spacial score (nSPS) is 11.2. The van der Waals surface area contributed by atoms with Gasteiger partial charge in [-0.3, -0.25) is 19.5 Å². The third-order valence-electron chi connectivity index (χ3n) is 3.78. The van der Waals surface area contributed by atoms with Crippen molar-refractivity contribution in [1.29, 1.82) is 0 Å². The fraction of sp³-hybridized carbons (Fsp3) is 0.133. The summed E-state index contributed by atoms with van der Waals surface area (Å²) in [4.78, 5) is 27.4. The molecule has 0 fully saturated rings. The van der Waals surface area contributed by atoms with Crippen molar-refractivity contribution in [3.05, 3.63) is 62.8 Å². The van der Waals surface area contributed by atoms with Crippen molar-refractivity contribution in [2.45, 2.75) is 13.3 Å². The summed E-state index contributed by atoms with van der Waals surface area (Å²) in [7, 11) is 0. The maximum atomic E-state index is 12.8. The molecule has 0 saturated heterocycles. The van der Waals surface area contributed by atoms with Crippen LogP contribution in [0.25, 0.3) is 22.5 Å². The number of hydrogen-bond acceptors (Lipinski definition) is 7. The molecule has 0 N–H and O–H groups in total. The molecule has 0 saturated carbocycles. The number of nitro benzene ring substituents is 1. The zero-order chi connectivity index (χ0) is 17.6. The van der Waals surface area contributed by atoms with Gasteiger partial charge < -0.3 is 0 Å². The molecular formula is C15H11N7O3. The molecule has 0 unspecified atom stereocenters. The van der Waals surface area contributed by atoms with E-state index in [0.717, 1.165) is 0 Å². The van der Waals surface area contributed by atoms with Crippen molar-refractivity contribution in [2.75, 3.05) is 0 Å². The first-order valence-corrected chi connectivity index (χ1v) is 7.47. The zero-order valence-corrected chi connectivity index (χ0v) is 13.0. The molecule has 4 aromatic rings. The predicted molar refractivity (Wildman–Crippen MR) is 87.7 cm³/mol. The predicted octanol–water partition coefficient (Wildman–Crippen LogP) is 1.29. The second kappa shape index (κ2) is 5.44. The fourth-order valence-electron chi connectivity index (χ4n) is 2.56. The maximum absolute atomic E-state index is 12.8. The number of nitro groups is 1. The number of benzene rings is 1. The first-order valence-electron chi connectivity index (χ1n) is 7.47. The Morgan fingerprint density at radius 2 is 2.08 bits per heavy atom. The van der Waals surface area contributed by atoms with Crippen molar-refractivity contribution >= 4 is 22.5 Å². The van der Waals surface area contributed by atoms with E-state index in [4.69, 9.17) is 0 Å². The molecule has 10 nitrogen and oxygen atoms in total. The Bertz CT molecular complexity index is 1190. The number of aromatic nitrogens is 6. The van der Waals surface area contributed by atoms with E-state index in [1.54, 1.807) is 12.1 Å². The van der Waals surface area contributed by atoms with Gasteiger partial charge in [-0.1, -0.05) is 13.0 Å².